The van der Waals surface area contributed by atoms with Gasteiger partial charge in [-0.2, -0.15) is 0 Å². The van der Waals surface area contributed by atoms with E-state index in [1.165, 1.54) is 5.56 Å². The quantitative estimate of drug-likeness (QED) is 0.745. The van der Waals surface area contributed by atoms with E-state index >= 15 is 0 Å². The highest BCUT2D eigenvalue weighted by Gasteiger charge is 2.42. The van der Waals surface area contributed by atoms with Crippen molar-refractivity contribution < 1.29 is 9.59 Å². The number of hydrogen-bond donors (Lipinski definition) is 2. The van der Waals surface area contributed by atoms with Crippen LogP contribution in [0.1, 0.15) is 37.7 Å². The summed E-state index contributed by atoms with van der Waals surface area (Å²) in [5, 5.41) is 0. The second kappa shape index (κ2) is 11.0. The molecule has 0 aromatic heterocycles. The van der Waals surface area contributed by atoms with Crippen molar-refractivity contribution in [1.82, 2.24) is 9.80 Å². The van der Waals surface area contributed by atoms with Crippen molar-refractivity contribution in [2.75, 3.05) is 26.2 Å². The summed E-state index contributed by atoms with van der Waals surface area (Å²) < 4.78 is 0. The van der Waals surface area contributed by atoms with E-state index in [-0.39, 0.29) is 42.0 Å². The molecule has 2 aliphatic rings. The van der Waals surface area contributed by atoms with Crippen molar-refractivity contribution in [2.24, 2.45) is 16.9 Å². The lowest BCUT2D eigenvalue weighted by Crippen LogP contribution is -2.54. The Morgan fingerprint density at radius 1 is 1.11 bits per heavy atom. The van der Waals surface area contributed by atoms with E-state index in [1.807, 2.05) is 28.0 Å². The predicted molar refractivity (Wildman–Crippen MR) is 115 cm³/mol. The normalized spacial score (nSPS) is 19.6. The molecule has 2 aliphatic heterocycles. The monoisotopic (exact) mass is 430 g/mol. The molecule has 3 rings (SSSR count). The highest BCUT2D eigenvalue weighted by atomic mass is 35.5. The third-order valence-electron chi connectivity index (χ3n) is 5.90. The Bertz CT molecular complexity index is 636. The van der Waals surface area contributed by atoms with Gasteiger partial charge in [0, 0.05) is 32.6 Å². The minimum Gasteiger partial charge on any atom is -0.341 e. The summed E-state index contributed by atoms with van der Waals surface area (Å²) in [5.74, 6) is 0.251. The van der Waals surface area contributed by atoms with Gasteiger partial charge >= 0.3 is 0 Å². The third kappa shape index (κ3) is 5.83. The minimum atomic E-state index is -0.489. The summed E-state index contributed by atoms with van der Waals surface area (Å²) in [7, 11) is 0. The molecule has 0 aliphatic carbocycles. The average Bonchev–Trinajstić information content (AvgIpc) is 2.66. The standard InChI is InChI=1S/C20H30N4O2.2ClH/c21-11-7-17(22)19(26)23-12-9-20(10-13-23)8-6-18(25)24(15-20)14-16-4-2-1-3-5-16;;/h1-5,17H,6-15,21-22H2;2*1H/t17-;;/m0../s1. The first-order valence-electron chi connectivity index (χ1n) is 9.59. The molecule has 2 saturated heterocycles. The molecule has 0 unspecified atom stereocenters. The number of hydrogen-bond acceptors (Lipinski definition) is 4. The maximum atomic E-state index is 12.4. The maximum absolute atomic E-state index is 12.4. The molecule has 1 atom stereocenters. The molecule has 0 bridgehead atoms. The van der Waals surface area contributed by atoms with Crippen molar-refractivity contribution in [1.29, 1.82) is 0 Å². The summed E-state index contributed by atoms with van der Waals surface area (Å²) in [6, 6.07) is 9.65. The first kappa shape index (κ1) is 24.7. The number of halogens is 2. The zero-order chi connectivity index (χ0) is 18.6. The molecule has 1 spiro atoms. The molecule has 4 N–H and O–H groups in total. The van der Waals surface area contributed by atoms with Gasteiger partial charge in [-0.1, -0.05) is 30.3 Å². The van der Waals surface area contributed by atoms with Gasteiger partial charge in [-0.05, 0) is 43.2 Å². The summed E-state index contributed by atoms with van der Waals surface area (Å²) in [5.41, 5.74) is 12.7. The highest BCUT2D eigenvalue weighted by Crippen LogP contribution is 2.40. The predicted octanol–water partition coefficient (Wildman–Crippen LogP) is 1.94. The van der Waals surface area contributed by atoms with Gasteiger partial charge in [0.05, 0.1) is 6.04 Å². The van der Waals surface area contributed by atoms with Crippen molar-refractivity contribution in [2.45, 2.75) is 44.7 Å². The van der Waals surface area contributed by atoms with Crippen LogP contribution in [-0.2, 0) is 16.1 Å². The Kier molecular flexibility index (Phi) is 9.70. The Morgan fingerprint density at radius 2 is 1.75 bits per heavy atom. The van der Waals surface area contributed by atoms with Crippen LogP contribution in [0.2, 0.25) is 0 Å². The molecular formula is C20H32Cl2N4O2. The number of nitrogens with zero attached hydrogens (tertiary/aromatic N) is 2. The molecule has 8 heteroatoms. The number of likely N-dealkylation sites (tertiary alicyclic amines) is 2. The van der Waals surface area contributed by atoms with Gasteiger partial charge in [-0.25, -0.2) is 0 Å². The minimum absolute atomic E-state index is 0. The van der Waals surface area contributed by atoms with Crippen LogP contribution in [0.25, 0.3) is 0 Å². The first-order chi connectivity index (χ1) is 12.5. The molecule has 0 radical (unpaired) electrons. The van der Waals surface area contributed by atoms with Gasteiger partial charge < -0.3 is 21.3 Å². The Morgan fingerprint density at radius 3 is 2.36 bits per heavy atom. The van der Waals surface area contributed by atoms with Crippen molar-refractivity contribution in [3.8, 4) is 0 Å². The van der Waals surface area contributed by atoms with E-state index in [9.17, 15) is 9.59 Å². The van der Waals surface area contributed by atoms with Crippen LogP contribution in [0.3, 0.4) is 0 Å². The zero-order valence-electron chi connectivity index (χ0n) is 16.2. The zero-order valence-corrected chi connectivity index (χ0v) is 17.9. The molecule has 6 nitrogen and oxygen atoms in total. The van der Waals surface area contributed by atoms with E-state index in [1.54, 1.807) is 0 Å². The molecule has 1 aromatic rings. The Balaban J connectivity index is 0.00000196. The van der Waals surface area contributed by atoms with Crippen LogP contribution in [-0.4, -0.2) is 53.8 Å². The summed E-state index contributed by atoms with van der Waals surface area (Å²) in [6.07, 6.45) is 3.93. The summed E-state index contributed by atoms with van der Waals surface area (Å²) in [6.45, 7) is 3.35. The molecule has 1 aromatic carbocycles. The molecule has 2 heterocycles. The van der Waals surface area contributed by atoms with Crippen LogP contribution in [0.5, 0.6) is 0 Å². The smallest absolute Gasteiger partial charge is 0.239 e. The fourth-order valence-electron chi connectivity index (χ4n) is 4.20. The fourth-order valence-corrected chi connectivity index (χ4v) is 4.20. The molecule has 0 saturated carbocycles. The molecule has 28 heavy (non-hydrogen) atoms. The number of carbonyl (C=O) groups is 2. The van der Waals surface area contributed by atoms with Gasteiger partial charge in [-0.3, -0.25) is 9.59 Å². The van der Waals surface area contributed by atoms with Crippen LogP contribution >= 0.6 is 24.8 Å². The number of nitrogens with two attached hydrogens (primary N) is 2. The van der Waals surface area contributed by atoms with Crippen LogP contribution in [0, 0.1) is 5.41 Å². The number of amides is 2. The number of carbonyl (C=O) groups excluding carboxylic acids is 2. The van der Waals surface area contributed by atoms with E-state index in [0.29, 0.717) is 25.9 Å². The lowest BCUT2D eigenvalue weighted by Gasteiger charge is -2.47. The van der Waals surface area contributed by atoms with Crippen molar-refractivity contribution in [3.63, 3.8) is 0 Å². The Labute approximate surface area is 179 Å². The first-order valence-corrected chi connectivity index (χ1v) is 9.59. The third-order valence-corrected chi connectivity index (χ3v) is 5.90. The van der Waals surface area contributed by atoms with E-state index in [4.69, 9.17) is 11.5 Å². The number of rotatable bonds is 5. The van der Waals surface area contributed by atoms with Gasteiger partial charge in [0.15, 0.2) is 0 Å². The summed E-state index contributed by atoms with van der Waals surface area (Å²) >= 11 is 0. The van der Waals surface area contributed by atoms with Gasteiger partial charge in [0.25, 0.3) is 0 Å². The van der Waals surface area contributed by atoms with Crippen LogP contribution in [0.4, 0.5) is 0 Å². The van der Waals surface area contributed by atoms with Crippen LogP contribution in [0.15, 0.2) is 30.3 Å². The molecule has 2 fully saturated rings. The highest BCUT2D eigenvalue weighted by molar-refractivity contribution is 5.85. The van der Waals surface area contributed by atoms with E-state index in [2.05, 4.69) is 12.1 Å². The van der Waals surface area contributed by atoms with Crippen molar-refractivity contribution >= 4 is 36.6 Å². The SMILES string of the molecule is Cl.Cl.NCC[C@H](N)C(=O)N1CCC2(CCC(=O)N(Cc3ccccc3)C2)CC1. The fraction of sp³-hybridized carbons (Fsp3) is 0.600. The van der Waals surface area contributed by atoms with Crippen molar-refractivity contribution in [3.05, 3.63) is 35.9 Å². The largest absolute Gasteiger partial charge is 0.341 e. The lowest BCUT2D eigenvalue weighted by molar-refractivity contribution is -0.143. The number of benzene rings is 1. The average molecular weight is 431 g/mol. The van der Waals surface area contributed by atoms with E-state index in [0.717, 1.165) is 38.9 Å². The summed E-state index contributed by atoms with van der Waals surface area (Å²) in [4.78, 5) is 28.7. The van der Waals surface area contributed by atoms with Gasteiger partial charge in [0.1, 0.15) is 0 Å². The molecule has 158 valence electrons. The van der Waals surface area contributed by atoms with E-state index < -0.39 is 6.04 Å². The number of piperidine rings is 2. The Hall–Kier alpha value is -1.34. The topological polar surface area (TPSA) is 92.7 Å². The van der Waals surface area contributed by atoms with Gasteiger partial charge in [0.2, 0.25) is 11.8 Å². The lowest BCUT2D eigenvalue weighted by atomic mass is 9.72. The molecule has 2 amide bonds. The maximum Gasteiger partial charge on any atom is 0.239 e. The second-order valence-corrected chi connectivity index (χ2v) is 7.74. The second-order valence-electron chi connectivity index (χ2n) is 7.74. The van der Waals surface area contributed by atoms with Gasteiger partial charge in [-0.15, -0.1) is 24.8 Å². The van der Waals surface area contributed by atoms with Crippen LogP contribution < -0.4 is 11.5 Å². The molecular weight excluding hydrogens is 399 g/mol.